The lowest BCUT2D eigenvalue weighted by Gasteiger charge is -2.34. The molecule has 0 bridgehead atoms. The molecule has 0 unspecified atom stereocenters. The number of fused-ring (bicyclic) bond motifs is 6. The summed E-state index contributed by atoms with van der Waals surface area (Å²) in [5.41, 5.74) is 16.6. The van der Waals surface area contributed by atoms with E-state index in [2.05, 4.69) is 252 Å². The van der Waals surface area contributed by atoms with E-state index >= 15 is 0 Å². The maximum atomic E-state index is 2.46. The molecule has 66 heavy (non-hydrogen) atoms. The van der Waals surface area contributed by atoms with Gasteiger partial charge in [-0.2, -0.15) is 0 Å². The monoisotopic (exact) mass is 876 g/mol. The Morgan fingerprint density at radius 1 is 0.242 bits per heavy atom. The number of hydrogen-bond acceptors (Lipinski definition) is 4. The molecule has 310 valence electrons. The second kappa shape index (κ2) is 16.0. The van der Waals surface area contributed by atoms with Crippen LogP contribution >= 0.6 is 23.5 Å². The highest BCUT2D eigenvalue weighted by atomic mass is 32.2. The second-order valence-corrected chi connectivity index (χ2v) is 18.9. The minimum atomic E-state index is 1.12. The van der Waals surface area contributed by atoms with E-state index in [-0.39, 0.29) is 0 Å². The molecule has 2 heterocycles. The van der Waals surface area contributed by atoms with E-state index in [4.69, 9.17) is 0 Å². The van der Waals surface area contributed by atoms with E-state index in [1.807, 2.05) is 23.5 Å². The van der Waals surface area contributed by atoms with Crippen molar-refractivity contribution in [3.63, 3.8) is 0 Å². The largest absolute Gasteiger partial charge is 0.308 e. The van der Waals surface area contributed by atoms with Crippen LogP contribution < -0.4 is 9.80 Å². The lowest BCUT2D eigenvalue weighted by Crippen LogP contribution is -2.15. The molecule has 4 heteroatoms. The quantitative estimate of drug-likeness (QED) is 0.154. The Morgan fingerprint density at radius 2 is 0.545 bits per heavy atom. The zero-order valence-electron chi connectivity index (χ0n) is 35.8. The summed E-state index contributed by atoms with van der Waals surface area (Å²) < 4.78 is 0. The van der Waals surface area contributed by atoms with E-state index in [0.29, 0.717) is 0 Å². The molecule has 11 aromatic rings. The maximum absolute atomic E-state index is 2.46. The summed E-state index contributed by atoms with van der Waals surface area (Å²) in [6.07, 6.45) is 0. The number of hydrogen-bond donors (Lipinski definition) is 0. The van der Waals surface area contributed by atoms with Gasteiger partial charge in [-0.05, 0) is 139 Å². The van der Waals surface area contributed by atoms with Crippen LogP contribution in [0.5, 0.6) is 0 Å². The highest BCUT2D eigenvalue weighted by molar-refractivity contribution is 8.00. The van der Waals surface area contributed by atoms with Gasteiger partial charge in [-0.15, -0.1) is 0 Å². The van der Waals surface area contributed by atoms with Gasteiger partial charge < -0.3 is 9.80 Å². The minimum Gasteiger partial charge on any atom is -0.308 e. The molecule has 0 aromatic heterocycles. The molecule has 2 aliphatic rings. The molecule has 0 fully saturated rings. The van der Waals surface area contributed by atoms with Crippen LogP contribution in [0.25, 0.3) is 66.1 Å². The zero-order valence-corrected chi connectivity index (χ0v) is 37.4. The van der Waals surface area contributed by atoms with Crippen molar-refractivity contribution in [2.24, 2.45) is 0 Å². The van der Waals surface area contributed by atoms with Gasteiger partial charge in [0.15, 0.2) is 0 Å². The third-order valence-electron chi connectivity index (χ3n) is 13.0. The third-order valence-corrected chi connectivity index (χ3v) is 15.3. The molecule has 11 aromatic carbocycles. The van der Waals surface area contributed by atoms with Crippen LogP contribution in [0, 0.1) is 0 Å². The van der Waals surface area contributed by atoms with Gasteiger partial charge in [0.25, 0.3) is 0 Å². The molecule has 0 spiro atoms. The Balaban J connectivity index is 1.18. The third kappa shape index (κ3) is 6.36. The molecule has 0 aliphatic carbocycles. The molecule has 0 saturated carbocycles. The van der Waals surface area contributed by atoms with Crippen molar-refractivity contribution >= 4 is 79.2 Å². The van der Waals surface area contributed by atoms with Gasteiger partial charge in [0.1, 0.15) is 0 Å². The average molecular weight is 877 g/mol. The molecule has 0 N–H and O–H groups in total. The average Bonchev–Trinajstić information content (AvgIpc) is 3.39. The molecule has 0 radical (unpaired) electrons. The normalized spacial score (nSPS) is 12.7. The summed E-state index contributed by atoms with van der Waals surface area (Å²) in [6, 6.07) is 89.3. The molecule has 2 aliphatic heterocycles. The zero-order chi connectivity index (χ0) is 43.6. The molecule has 0 saturated heterocycles. The standard InChI is InChI=1S/C62H40N2S2/c1-3-19-41(20-4-1)45-23-7-9-25-47(45)61-49-37-35-44(64-55-29-13-17-33-59(55)66-60-34-18-14-30-56(60)64)40-52(49)62(48-26-10-8-24-46(48)42-21-5-2-6-22-42)50-38-36-43(39-51(50)61)63-53-27-11-15-31-57(53)65-58-32-16-12-28-54(58)63/h1-40H. The van der Waals surface area contributed by atoms with Gasteiger partial charge in [0.05, 0.1) is 22.7 Å². The Bertz CT molecular complexity index is 3340. The topological polar surface area (TPSA) is 6.48 Å². The van der Waals surface area contributed by atoms with Crippen molar-refractivity contribution < 1.29 is 0 Å². The number of para-hydroxylation sites is 4. The Hall–Kier alpha value is -7.76. The van der Waals surface area contributed by atoms with E-state index < -0.39 is 0 Å². The fourth-order valence-corrected chi connectivity index (χ4v) is 12.3. The van der Waals surface area contributed by atoms with Gasteiger partial charge in [-0.25, -0.2) is 0 Å². The van der Waals surface area contributed by atoms with Gasteiger partial charge >= 0.3 is 0 Å². The minimum absolute atomic E-state index is 1.12. The first kappa shape index (κ1) is 38.7. The highest BCUT2D eigenvalue weighted by Gasteiger charge is 2.29. The summed E-state index contributed by atoms with van der Waals surface area (Å²) in [5.74, 6) is 0. The van der Waals surface area contributed by atoms with Crippen molar-refractivity contribution in [1.82, 2.24) is 0 Å². The van der Waals surface area contributed by atoms with Crippen LogP contribution in [0.15, 0.2) is 262 Å². The number of benzene rings is 11. The summed E-state index contributed by atoms with van der Waals surface area (Å²) in [4.78, 5) is 9.90. The molecular formula is C62H40N2S2. The van der Waals surface area contributed by atoms with Crippen molar-refractivity contribution in [3.05, 3.63) is 243 Å². The van der Waals surface area contributed by atoms with Crippen LogP contribution in [0.3, 0.4) is 0 Å². The summed E-state index contributed by atoms with van der Waals surface area (Å²) >= 11 is 3.69. The number of nitrogens with zero attached hydrogens (tertiary/aromatic N) is 2. The maximum Gasteiger partial charge on any atom is 0.0601 e. The summed E-state index contributed by atoms with van der Waals surface area (Å²) in [6.45, 7) is 0. The van der Waals surface area contributed by atoms with Crippen molar-refractivity contribution in [1.29, 1.82) is 0 Å². The summed E-state index contributed by atoms with van der Waals surface area (Å²) in [7, 11) is 0. The van der Waals surface area contributed by atoms with E-state index in [1.165, 1.54) is 108 Å². The number of rotatable bonds is 6. The SMILES string of the molecule is c1ccc(-c2ccccc2-c2c3ccc(N4c5ccccc5Sc5ccccc54)cc3c(-c3ccccc3-c3ccccc3)c3ccc(N4c5ccccc5Sc5ccccc54)cc23)cc1. The highest BCUT2D eigenvalue weighted by Crippen LogP contribution is 2.56. The summed E-state index contributed by atoms with van der Waals surface area (Å²) in [5, 5.41) is 4.81. The second-order valence-electron chi connectivity index (χ2n) is 16.8. The Kier molecular flexibility index (Phi) is 9.40. The van der Waals surface area contributed by atoms with E-state index in [0.717, 1.165) is 11.4 Å². The predicted octanol–water partition coefficient (Wildman–Crippen LogP) is 18.5. The van der Waals surface area contributed by atoms with Crippen molar-refractivity contribution in [2.45, 2.75) is 19.6 Å². The fourth-order valence-electron chi connectivity index (χ4n) is 10.2. The first-order valence-electron chi connectivity index (χ1n) is 22.4. The molecule has 0 atom stereocenters. The molecule has 2 nitrogen and oxygen atoms in total. The molecule has 0 amide bonds. The lowest BCUT2D eigenvalue weighted by atomic mass is 9.82. The lowest BCUT2D eigenvalue weighted by molar-refractivity contribution is 1.17. The van der Waals surface area contributed by atoms with Gasteiger partial charge in [-0.1, -0.05) is 193 Å². The number of anilines is 6. The first-order valence-corrected chi connectivity index (χ1v) is 24.1. The molecular weight excluding hydrogens is 837 g/mol. The Labute approximate surface area is 393 Å². The van der Waals surface area contributed by atoms with E-state index in [1.54, 1.807) is 0 Å². The Morgan fingerprint density at radius 3 is 0.909 bits per heavy atom. The molecule has 13 rings (SSSR count). The van der Waals surface area contributed by atoms with Gasteiger partial charge in [-0.3, -0.25) is 0 Å². The van der Waals surface area contributed by atoms with Crippen LogP contribution in [0.2, 0.25) is 0 Å². The van der Waals surface area contributed by atoms with Crippen LogP contribution in [0.1, 0.15) is 0 Å². The van der Waals surface area contributed by atoms with Gasteiger partial charge in [0.2, 0.25) is 0 Å². The van der Waals surface area contributed by atoms with Crippen molar-refractivity contribution in [3.8, 4) is 44.5 Å². The fraction of sp³-hybridized carbons (Fsp3) is 0. The predicted molar refractivity (Wildman–Crippen MR) is 281 cm³/mol. The van der Waals surface area contributed by atoms with Crippen molar-refractivity contribution in [2.75, 3.05) is 9.80 Å². The van der Waals surface area contributed by atoms with Crippen LogP contribution in [-0.2, 0) is 0 Å². The van der Waals surface area contributed by atoms with Crippen LogP contribution in [-0.4, -0.2) is 0 Å². The first-order chi connectivity index (χ1) is 32.8. The van der Waals surface area contributed by atoms with E-state index in [9.17, 15) is 0 Å². The smallest absolute Gasteiger partial charge is 0.0601 e. The van der Waals surface area contributed by atoms with Gasteiger partial charge in [0, 0.05) is 31.0 Å². The van der Waals surface area contributed by atoms with Crippen LogP contribution in [0.4, 0.5) is 34.1 Å².